The summed E-state index contributed by atoms with van der Waals surface area (Å²) in [5, 5.41) is 2.10. The highest BCUT2D eigenvalue weighted by Gasteiger charge is 2.31. The Morgan fingerprint density at radius 2 is 1.84 bits per heavy atom. The van der Waals surface area contributed by atoms with E-state index in [1.165, 1.54) is 24.3 Å². The minimum Gasteiger partial charge on any atom is -0.462 e. The number of imide groups is 1. The molecule has 0 fully saturated rings. The third-order valence-corrected chi connectivity index (χ3v) is 3.75. The molecule has 8 heteroatoms. The van der Waals surface area contributed by atoms with Crippen LogP contribution in [0.25, 0.3) is 5.69 Å². The predicted molar refractivity (Wildman–Crippen MR) is 88.8 cm³/mol. The summed E-state index contributed by atoms with van der Waals surface area (Å²) in [4.78, 5) is 47.6. The zero-order valence-corrected chi connectivity index (χ0v) is 13.4. The second kappa shape index (κ2) is 6.23. The van der Waals surface area contributed by atoms with Gasteiger partial charge in [-0.15, -0.1) is 0 Å². The van der Waals surface area contributed by atoms with Crippen molar-refractivity contribution in [3.05, 3.63) is 57.4 Å². The molecular weight excluding hydrogens is 326 g/mol. The van der Waals surface area contributed by atoms with E-state index >= 15 is 0 Å². The molecule has 0 saturated carbocycles. The SMILES string of the molecule is CCCOC(=O)c1ccc(-n2c(N)c3c(cc2=O)C(=O)NC3=O)cc1. The van der Waals surface area contributed by atoms with Gasteiger partial charge in [0.25, 0.3) is 17.4 Å². The Balaban J connectivity index is 2.02. The van der Waals surface area contributed by atoms with E-state index in [-0.39, 0.29) is 16.9 Å². The zero-order chi connectivity index (χ0) is 18.1. The maximum Gasteiger partial charge on any atom is 0.338 e. The number of benzene rings is 1. The van der Waals surface area contributed by atoms with Crippen LogP contribution in [-0.4, -0.2) is 29.0 Å². The third kappa shape index (κ3) is 2.78. The van der Waals surface area contributed by atoms with Crippen molar-refractivity contribution in [1.29, 1.82) is 0 Å². The normalized spacial score (nSPS) is 12.7. The Bertz CT molecular complexity index is 944. The van der Waals surface area contributed by atoms with Gasteiger partial charge in [0.2, 0.25) is 0 Å². The number of nitrogens with one attached hydrogen (secondary N) is 1. The fourth-order valence-corrected chi connectivity index (χ4v) is 2.57. The molecule has 25 heavy (non-hydrogen) atoms. The Morgan fingerprint density at radius 1 is 1.16 bits per heavy atom. The summed E-state index contributed by atoms with van der Waals surface area (Å²) >= 11 is 0. The average molecular weight is 341 g/mol. The number of pyridine rings is 1. The Kier molecular flexibility index (Phi) is 4.10. The van der Waals surface area contributed by atoms with Crippen LogP contribution in [0.15, 0.2) is 35.1 Å². The molecule has 2 amide bonds. The van der Waals surface area contributed by atoms with Gasteiger partial charge in [0.1, 0.15) is 5.82 Å². The fourth-order valence-electron chi connectivity index (χ4n) is 2.57. The van der Waals surface area contributed by atoms with Crippen LogP contribution in [0, 0.1) is 0 Å². The molecule has 2 aromatic rings. The number of rotatable bonds is 4. The quantitative estimate of drug-likeness (QED) is 0.629. The lowest BCUT2D eigenvalue weighted by Crippen LogP contribution is -2.24. The first-order valence-corrected chi connectivity index (χ1v) is 7.62. The van der Waals surface area contributed by atoms with Gasteiger partial charge in [0.15, 0.2) is 0 Å². The smallest absolute Gasteiger partial charge is 0.338 e. The molecular formula is C17H15N3O5. The van der Waals surface area contributed by atoms with Crippen LogP contribution in [0.2, 0.25) is 0 Å². The van der Waals surface area contributed by atoms with Crippen LogP contribution in [0.1, 0.15) is 44.4 Å². The van der Waals surface area contributed by atoms with E-state index in [9.17, 15) is 19.2 Å². The number of hydrogen-bond donors (Lipinski definition) is 2. The summed E-state index contributed by atoms with van der Waals surface area (Å²) in [6, 6.07) is 7.09. The van der Waals surface area contributed by atoms with Crippen LogP contribution in [-0.2, 0) is 4.74 Å². The number of esters is 1. The zero-order valence-electron chi connectivity index (χ0n) is 13.4. The van der Waals surface area contributed by atoms with Crippen LogP contribution < -0.4 is 16.6 Å². The maximum atomic E-state index is 12.3. The molecule has 1 aromatic heterocycles. The van der Waals surface area contributed by atoms with Gasteiger partial charge in [-0.2, -0.15) is 0 Å². The Hall–Kier alpha value is -3.42. The van der Waals surface area contributed by atoms with Gasteiger partial charge in [-0.05, 0) is 30.7 Å². The van der Waals surface area contributed by atoms with Crippen molar-refractivity contribution in [1.82, 2.24) is 9.88 Å². The molecule has 0 aliphatic carbocycles. The van der Waals surface area contributed by atoms with Gasteiger partial charge in [-0.25, -0.2) is 4.79 Å². The first-order valence-electron chi connectivity index (χ1n) is 7.62. The number of carbonyl (C=O) groups is 3. The Morgan fingerprint density at radius 3 is 2.48 bits per heavy atom. The molecule has 0 atom stereocenters. The lowest BCUT2D eigenvalue weighted by atomic mass is 10.1. The second-order valence-corrected chi connectivity index (χ2v) is 5.46. The minimum atomic E-state index is -0.648. The molecule has 8 nitrogen and oxygen atoms in total. The highest BCUT2D eigenvalue weighted by atomic mass is 16.5. The molecule has 1 aromatic carbocycles. The van der Waals surface area contributed by atoms with E-state index in [0.29, 0.717) is 24.3 Å². The van der Waals surface area contributed by atoms with Crippen LogP contribution in [0.3, 0.4) is 0 Å². The number of nitrogens with two attached hydrogens (primary N) is 1. The van der Waals surface area contributed by atoms with E-state index in [0.717, 1.165) is 10.6 Å². The van der Waals surface area contributed by atoms with E-state index in [1.807, 2.05) is 6.92 Å². The van der Waals surface area contributed by atoms with Gasteiger partial charge >= 0.3 is 5.97 Å². The molecule has 1 aliphatic heterocycles. The van der Waals surface area contributed by atoms with Crippen LogP contribution >= 0.6 is 0 Å². The lowest BCUT2D eigenvalue weighted by molar-refractivity contribution is 0.0504. The highest BCUT2D eigenvalue weighted by molar-refractivity contribution is 6.23. The second-order valence-electron chi connectivity index (χ2n) is 5.46. The molecule has 0 radical (unpaired) electrons. The number of nitrogen functional groups attached to an aromatic ring is 1. The molecule has 2 heterocycles. The van der Waals surface area contributed by atoms with Gasteiger partial charge < -0.3 is 10.5 Å². The van der Waals surface area contributed by atoms with E-state index in [4.69, 9.17) is 10.5 Å². The number of hydrogen-bond acceptors (Lipinski definition) is 6. The summed E-state index contributed by atoms with van der Waals surface area (Å²) in [6.07, 6.45) is 0.714. The van der Waals surface area contributed by atoms with Crippen molar-refractivity contribution in [2.45, 2.75) is 13.3 Å². The number of anilines is 1. The molecule has 1 aliphatic rings. The van der Waals surface area contributed by atoms with Crippen molar-refractivity contribution in [2.24, 2.45) is 0 Å². The van der Waals surface area contributed by atoms with Crippen molar-refractivity contribution in [2.75, 3.05) is 12.3 Å². The monoisotopic (exact) mass is 341 g/mol. The van der Waals surface area contributed by atoms with E-state index in [1.54, 1.807) is 0 Å². The third-order valence-electron chi connectivity index (χ3n) is 3.75. The molecule has 128 valence electrons. The lowest BCUT2D eigenvalue weighted by Gasteiger charge is -2.12. The van der Waals surface area contributed by atoms with Crippen LogP contribution in [0.4, 0.5) is 5.82 Å². The molecule has 3 rings (SSSR count). The number of carbonyl (C=O) groups excluding carboxylic acids is 3. The first-order chi connectivity index (χ1) is 11.9. The summed E-state index contributed by atoms with van der Waals surface area (Å²) in [5.41, 5.74) is 6.02. The number of ether oxygens (including phenoxy) is 1. The number of nitrogens with zero attached hydrogens (tertiary/aromatic N) is 1. The van der Waals surface area contributed by atoms with Crippen molar-refractivity contribution >= 4 is 23.6 Å². The molecule has 3 N–H and O–H groups in total. The average Bonchev–Trinajstić information content (AvgIpc) is 2.87. The summed E-state index contributed by atoms with van der Waals surface area (Å²) in [6.45, 7) is 2.21. The Labute approximate surface area is 142 Å². The van der Waals surface area contributed by atoms with E-state index in [2.05, 4.69) is 5.32 Å². The minimum absolute atomic E-state index is 0.0315. The number of fused-ring (bicyclic) bond motifs is 1. The molecule has 0 bridgehead atoms. The highest BCUT2D eigenvalue weighted by Crippen LogP contribution is 2.23. The predicted octanol–water partition coefficient (Wildman–Crippen LogP) is 0.870. The largest absolute Gasteiger partial charge is 0.462 e. The summed E-state index contributed by atoms with van der Waals surface area (Å²) < 4.78 is 6.14. The van der Waals surface area contributed by atoms with Gasteiger partial charge in [0.05, 0.1) is 29.0 Å². The van der Waals surface area contributed by atoms with Gasteiger partial charge in [-0.3, -0.25) is 24.3 Å². The summed E-state index contributed by atoms with van der Waals surface area (Å²) in [5.74, 6) is -1.89. The topological polar surface area (TPSA) is 120 Å². The van der Waals surface area contributed by atoms with Crippen molar-refractivity contribution < 1.29 is 19.1 Å². The maximum absolute atomic E-state index is 12.3. The number of aromatic nitrogens is 1. The molecule has 0 unspecified atom stereocenters. The standard InChI is InChI=1S/C17H15N3O5/c1-2-7-25-17(24)9-3-5-10(6-4-9)20-12(21)8-11-13(14(20)18)16(23)19-15(11)22/h3-6,8H,2,7,18H2,1H3,(H,19,22,23). The number of amides is 2. The first kappa shape index (κ1) is 16.4. The van der Waals surface area contributed by atoms with Crippen LogP contribution in [0.5, 0.6) is 0 Å². The van der Waals surface area contributed by atoms with E-state index < -0.39 is 23.3 Å². The fraction of sp³-hybridized carbons (Fsp3) is 0.176. The molecule has 0 saturated heterocycles. The van der Waals surface area contributed by atoms with Crippen molar-refractivity contribution in [3.8, 4) is 5.69 Å². The summed E-state index contributed by atoms with van der Waals surface area (Å²) in [7, 11) is 0. The molecule has 0 spiro atoms. The van der Waals surface area contributed by atoms with Gasteiger partial charge in [-0.1, -0.05) is 6.92 Å². The van der Waals surface area contributed by atoms with Crippen molar-refractivity contribution in [3.63, 3.8) is 0 Å². The van der Waals surface area contributed by atoms with Gasteiger partial charge in [0, 0.05) is 6.07 Å².